The lowest BCUT2D eigenvalue weighted by molar-refractivity contribution is -0.132. The summed E-state index contributed by atoms with van der Waals surface area (Å²) in [6.07, 6.45) is 7.14. The first-order valence-corrected chi connectivity index (χ1v) is 8.47. The van der Waals surface area contributed by atoms with E-state index >= 15 is 0 Å². The number of likely N-dealkylation sites (N-methyl/N-ethyl adjacent to an activating group) is 1. The molecule has 0 aromatic rings. The number of nitrogens with zero attached hydrogens (tertiary/aromatic N) is 1. The molecule has 0 aromatic carbocycles. The second-order valence-electron chi connectivity index (χ2n) is 4.94. The molecule has 0 radical (unpaired) electrons. The maximum absolute atomic E-state index is 11.2. The Morgan fingerprint density at radius 3 is 2.62 bits per heavy atom. The van der Waals surface area contributed by atoms with Crippen LogP contribution in [0.25, 0.3) is 0 Å². The number of rotatable bonds is 12. The SMILES string of the molecule is C#CCC(COP(O)OC(C)C)OC(C)N(C=O)/C=C\C(=O)NC. The molecule has 2 amide bonds. The van der Waals surface area contributed by atoms with E-state index in [9.17, 15) is 14.5 Å². The first-order chi connectivity index (χ1) is 11.3. The van der Waals surface area contributed by atoms with Crippen molar-refractivity contribution in [2.24, 2.45) is 0 Å². The van der Waals surface area contributed by atoms with Crippen LogP contribution in [0.3, 0.4) is 0 Å². The van der Waals surface area contributed by atoms with E-state index < -0.39 is 20.9 Å². The standard InChI is InChI=1S/C15H25N2O6P/c1-6-7-14(10-21-24(20)23-12(2)3)22-13(4)17(11-18)9-8-15(19)16-5/h1,8-9,11-14,20H,7,10H2,2-5H3,(H,16,19)/b9-8-. The number of amides is 2. The Morgan fingerprint density at radius 1 is 1.46 bits per heavy atom. The highest BCUT2D eigenvalue weighted by atomic mass is 31.2. The Hall–Kier alpha value is -1.49. The third kappa shape index (κ3) is 10.3. The molecule has 0 aliphatic heterocycles. The highest BCUT2D eigenvalue weighted by Gasteiger charge is 2.19. The normalized spacial score (nSPS) is 14.9. The average molecular weight is 360 g/mol. The molecule has 0 heterocycles. The van der Waals surface area contributed by atoms with E-state index in [0.29, 0.717) is 6.41 Å². The number of hydrogen-bond donors (Lipinski definition) is 2. The van der Waals surface area contributed by atoms with Crippen molar-refractivity contribution in [1.29, 1.82) is 0 Å². The quantitative estimate of drug-likeness (QED) is 0.178. The van der Waals surface area contributed by atoms with Crippen molar-refractivity contribution in [3.05, 3.63) is 12.3 Å². The maximum Gasteiger partial charge on any atom is 0.330 e. The van der Waals surface area contributed by atoms with Gasteiger partial charge in [-0.3, -0.25) is 14.5 Å². The minimum atomic E-state index is -2.02. The molecule has 0 spiro atoms. The van der Waals surface area contributed by atoms with Gasteiger partial charge in [-0.15, -0.1) is 12.3 Å². The number of carbonyl (C=O) groups is 2. The number of ether oxygens (including phenoxy) is 1. The summed E-state index contributed by atoms with van der Waals surface area (Å²) in [7, 11) is -0.547. The number of hydrogen-bond acceptors (Lipinski definition) is 6. The topological polar surface area (TPSA) is 97.3 Å². The predicted octanol–water partition coefficient (Wildman–Crippen LogP) is 1.12. The fourth-order valence-electron chi connectivity index (χ4n) is 1.46. The molecular weight excluding hydrogens is 335 g/mol. The highest BCUT2D eigenvalue weighted by Crippen LogP contribution is 2.34. The molecule has 24 heavy (non-hydrogen) atoms. The van der Waals surface area contributed by atoms with Crippen molar-refractivity contribution >= 4 is 20.9 Å². The van der Waals surface area contributed by atoms with Gasteiger partial charge in [0.2, 0.25) is 12.3 Å². The summed E-state index contributed by atoms with van der Waals surface area (Å²) in [6, 6.07) is 0. The van der Waals surface area contributed by atoms with E-state index in [-0.39, 0.29) is 25.0 Å². The third-order valence-electron chi connectivity index (χ3n) is 2.59. The molecule has 0 rings (SSSR count). The van der Waals surface area contributed by atoms with Crippen molar-refractivity contribution in [1.82, 2.24) is 10.2 Å². The van der Waals surface area contributed by atoms with Crippen molar-refractivity contribution in [3.8, 4) is 12.3 Å². The zero-order valence-corrected chi connectivity index (χ0v) is 15.2. The highest BCUT2D eigenvalue weighted by molar-refractivity contribution is 7.40. The number of terminal acetylenes is 1. The average Bonchev–Trinajstić information content (AvgIpc) is 2.52. The van der Waals surface area contributed by atoms with Crippen molar-refractivity contribution in [3.63, 3.8) is 0 Å². The summed E-state index contributed by atoms with van der Waals surface area (Å²) in [5.41, 5.74) is 0. The Balaban J connectivity index is 4.61. The van der Waals surface area contributed by atoms with Crippen LogP contribution in [0.2, 0.25) is 0 Å². The number of nitrogens with one attached hydrogen (secondary N) is 1. The molecule has 8 nitrogen and oxygen atoms in total. The van der Waals surface area contributed by atoms with Gasteiger partial charge in [-0.1, -0.05) is 0 Å². The molecule has 2 N–H and O–H groups in total. The zero-order chi connectivity index (χ0) is 18.5. The molecule has 0 bridgehead atoms. The maximum atomic E-state index is 11.2. The van der Waals surface area contributed by atoms with Crippen LogP contribution in [-0.2, 0) is 23.4 Å². The number of carbonyl (C=O) groups excluding carboxylic acids is 2. The molecule has 0 saturated carbocycles. The zero-order valence-electron chi connectivity index (χ0n) is 14.3. The van der Waals surface area contributed by atoms with Gasteiger partial charge in [0, 0.05) is 25.7 Å². The van der Waals surface area contributed by atoms with Gasteiger partial charge in [0.15, 0.2) is 0 Å². The smallest absolute Gasteiger partial charge is 0.330 e. The predicted molar refractivity (Wildman–Crippen MR) is 90.2 cm³/mol. The van der Waals surface area contributed by atoms with Crippen molar-refractivity contribution in [2.75, 3.05) is 13.7 Å². The molecule has 3 unspecified atom stereocenters. The van der Waals surface area contributed by atoms with Gasteiger partial charge in [0.25, 0.3) is 0 Å². The molecule has 3 atom stereocenters. The fourth-order valence-corrected chi connectivity index (χ4v) is 2.18. The van der Waals surface area contributed by atoms with Gasteiger partial charge in [0.1, 0.15) is 6.23 Å². The summed E-state index contributed by atoms with van der Waals surface area (Å²) in [6.45, 7) is 5.17. The molecule has 0 aromatic heterocycles. The van der Waals surface area contributed by atoms with Gasteiger partial charge in [-0.25, -0.2) is 0 Å². The Labute approximate surface area is 144 Å². The van der Waals surface area contributed by atoms with Gasteiger partial charge in [0.05, 0.1) is 18.8 Å². The molecule has 0 aliphatic rings. The largest absolute Gasteiger partial charge is 0.356 e. The minimum Gasteiger partial charge on any atom is -0.356 e. The molecule has 0 aliphatic carbocycles. The lowest BCUT2D eigenvalue weighted by Crippen LogP contribution is -2.35. The van der Waals surface area contributed by atoms with E-state index in [2.05, 4.69) is 11.2 Å². The summed E-state index contributed by atoms with van der Waals surface area (Å²) < 4.78 is 15.9. The molecule has 9 heteroatoms. The van der Waals surface area contributed by atoms with Crippen LogP contribution < -0.4 is 5.32 Å². The Morgan fingerprint density at radius 2 is 2.12 bits per heavy atom. The Kier molecular flexibility index (Phi) is 12.1. The second kappa shape index (κ2) is 12.9. The summed E-state index contributed by atoms with van der Waals surface area (Å²) in [5, 5.41) is 2.40. The molecule has 0 saturated heterocycles. The lowest BCUT2D eigenvalue weighted by atomic mass is 10.3. The van der Waals surface area contributed by atoms with Crippen LogP contribution in [0.15, 0.2) is 12.3 Å². The van der Waals surface area contributed by atoms with Crippen molar-refractivity contribution < 1.29 is 28.3 Å². The minimum absolute atomic E-state index is 0.00925. The lowest BCUT2D eigenvalue weighted by Gasteiger charge is -2.26. The monoisotopic (exact) mass is 360 g/mol. The van der Waals surface area contributed by atoms with Crippen molar-refractivity contribution in [2.45, 2.75) is 45.6 Å². The van der Waals surface area contributed by atoms with Crippen LogP contribution >= 0.6 is 8.60 Å². The van der Waals surface area contributed by atoms with Gasteiger partial charge >= 0.3 is 8.60 Å². The summed E-state index contributed by atoms with van der Waals surface area (Å²) in [5.74, 6) is 2.09. The van der Waals surface area contributed by atoms with Gasteiger partial charge in [-0.05, 0) is 20.8 Å². The van der Waals surface area contributed by atoms with E-state index in [1.54, 1.807) is 20.8 Å². The first kappa shape index (κ1) is 22.5. The van der Waals surface area contributed by atoms with E-state index in [1.807, 2.05) is 0 Å². The fraction of sp³-hybridized carbons (Fsp3) is 0.600. The van der Waals surface area contributed by atoms with E-state index in [4.69, 9.17) is 20.2 Å². The van der Waals surface area contributed by atoms with Crippen LogP contribution in [0.4, 0.5) is 0 Å². The molecule has 0 fully saturated rings. The van der Waals surface area contributed by atoms with Crippen LogP contribution in [-0.4, -0.2) is 54.2 Å². The molecular formula is C15H25N2O6P. The van der Waals surface area contributed by atoms with Gasteiger partial charge in [-0.2, -0.15) is 0 Å². The summed E-state index contributed by atoms with van der Waals surface area (Å²) in [4.78, 5) is 33.0. The van der Waals surface area contributed by atoms with E-state index in [1.165, 1.54) is 24.2 Å². The Bertz CT molecular complexity index is 452. The molecule has 136 valence electrons. The first-order valence-electron chi connectivity index (χ1n) is 7.34. The van der Waals surface area contributed by atoms with Gasteiger partial charge < -0.3 is 24.0 Å². The third-order valence-corrected chi connectivity index (χ3v) is 3.56. The van der Waals surface area contributed by atoms with Crippen LogP contribution in [0.5, 0.6) is 0 Å². The second-order valence-corrected chi connectivity index (χ2v) is 5.88. The summed E-state index contributed by atoms with van der Waals surface area (Å²) >= 11 is 0. The van der Waals surface area contributed by atoms with Crippen LogP contribution in [0.1, 0.15) is 27.2 Å². The van der Waals surface area contributed by atoms with Crippen LogP contribution in [0, 0.1) is 12.3 Å². The van der Waals surface area contributed by atoms with E-state index in [0.717, 1.165) is 0 Å².